The number of oxime groups is 1. The number of carbonyl (C=O) groups excluding carboxylic acids is 3. The molecule has 0 radical (unpaired) electrons. The molecule has 0 aromatic carbocycles. The number of nitrogens with one attached hydrogen (secondary N) is 1. The van der Waals surface area contributed by atoms with E-state index in [2.05, 4.69) is 20.6 Å². The highest BCUT2D eigenvalue weighted by molar-refractivity contribution is 7.84. The van der Waals surface area contributed by atoms with Gasteiger partial charge in [0.15, 0.2) is 22.2 Å². The fourth-order valence-electron chi connectivity index (χ4n) is 2.85. The Bertz CT molecular complexity index is 1270. The normalized spacial score (nSPS) is 19.0. The van der Waals surface area contributed by atoms with Crippen molar-refractivity contribution in [1.82, 2.24) is 24.4 Å². The summed E-state index contributed by atoms with van der Waals surface area (Å²) in [7, 11) is -4.91. The van der Waals surface area contributed by atoms with Crippen molar-refractivity contribution in [1.29, 1.82) is 0 Å². The highest BCUT2D eigenvalue weighted by Gasteiger charge is 2.54. The summed E-state index contributed by atoms with van der Waals surface area (Å²) in [5.41, 5.74) is 9.42. The monoisotopic (exact) mass is 514 g/mol. The van der Waals surface area contributed by atoms with Crippen LogP contribution in [-0.4, -0.2) is 73.0 Å². The molecule has 3 rings (SSSR count). The van der Waals surface area contributed by atoms with Crippen LogP contribution in [0.15, 0.2) is 22.8 Å². The average Bonchev–Trinajstić information content (AvgIpc) is 3.32. The third-order valence-electron chi connectivity index (χ3n) is 4.93. The molecule has 184 valence electrons. The Hall–Kier alpha value is -3.57. The fraction of sp³-hybridized carbons (Fsp3) is 0.412. The van der Waals surface area contributed by atoms with Crippen LogP contribution in [0.25, 0.3) is 0 Å². The first-order valence-electron chi connectivity index (χ1n) is 9.60. The van der Waals surface area contributed by atoms with Crippen molar-refractivity contribution >= 4 is 55.9 Å². The van der Waals surface area contributed by atoms with Crippen molar-refractivity contribution in [3.63, 3.8) is 0 Å². The number of ketones is 1. The van der Waals surface area contributed by atoms with Gasteiger partial charge in [-0.3, -0.25) is 23.6 Å². The standard InChI is InChI=1S/C17H22N8O7S2/c1-8(26)17(2,3)32-23-12(9-7-33-16(19)20-9)14(27)21-13-10(6-24-5-4-11(18)22-24)25(15(13)28)34(29,30)31/h4-5,7,10,13H,6H2,1-3H3,(H2,18,22)(H2,19,20)(H,21,27)(H,29,30,31). The number of hydrogen-bond acceptors (Lipinski definition) is 12. The number of nitrogens with zero attached hydrogens (tertiary/aromatic N) is 5. The number of nitrogen functional groups attached to an aromatic ring is 2. The Kier molecular flexibility index (Phi) is 6.63. The summed E-state index contributed by atoms with van der Waals surface area (Å²) in [6.45, 7) is 3.95. The number of carbonyl (C=O) groups is 3. The molecule has 34 heavy (non-hydrogen) atoms. The van der Waals surface area contributed by atoms with E-state index in [1.54, 1.807) is 0 Å². The molecule has 6 N–H and O–H groups in total. The van der Waals surface area contributed by atoms with Gasteiger partial charge in [0.2, 0.25) is 0 Å². The molecule has 0 saturated carbocycles. The molecule has 1 fully saturated rings. The van der Waals surface area contributed by atoms with E-state index in [1.165, 1.54) is 43.1 Å². The van der Waals surface area contributed by atoms with Crippen LogP contribution in [0.3, 0.4) is 0 Å². The molecule has 2 amide bonds. The summed E-state index contributed by atoms with van der Waals surface area (Å²) < 4.78 is 34.3. The molecule has 0 spiro atoms. The lowest BCUT2D eigenvalue weighted by atomic mass is 9.98. The molecule has 0 aliphatic carbocycles. The van der Waals surface area contributed by atoms with Gasteiger partial charge in [-0.1, -0.05) is 5.16 Å². The minimum Gasteiger partial charge on any atom is -0.382 e. The highest BCUT2D eigenvalue weighted by Crippen LogP contribution is 2.25. The first-order valence-corrected chi connectivity index (χ1v) is 11.9. The van der Waals surface area contributed by atoms with Crippen LogP contribution in [0, 0.1) is 0 Å². The van der Waals surface area contributed by atoms with E-state index in [9.17, 15) is 27.4 Å². The minimum absolute atomic E-state index is 0.00848. The van der Waals surface area contributed by atoms with Crippen molar-refractivity contribution in [2.75, 3.05) is 11.5 Å². The third-order valence-corrected chi connectivity index (χ3v) is 6.55. The van der Waals surface area contributed by atoms with Crippen molar-refractivity contribution in [3.05, 3.63) is 23.3 Å². The summed E-state index contributed by atoms with van der Waals surface area (Å²) in [6, 6.07) is -1.15. The third kappa shape index (κ3) is 5.15. The van der Waals surface area contributed by atoms with Crippen molar-refractivity contribution in [2.45, 2.75) is 45.0 Å². The average molecular weight is 515 g/mol. The smallest absolute Gasteiger partial charge is 0.362 e. The minimum atomic E-state index is -4.91. The Balaban J connectivity index is 1.89. The van der Waals surface area contributed by atoms with E-state index in [0.717, 1.165) is 11.3 Å². The number of rotatable bonds is 9. The zero-order valence-corrected chi connectivity index (χ0v) is 19.8. The molecule has 1 saturated heterocycles. The second-order valence-corrected chi connectivity index (χ2v) is 9.94. The van der Waals surface area contributed by atoms with Crippen LogP contribution < -0.4 is 16.8 Å². The Morgan fingerprint density at radius 2 is 2.06 bits per heavy atom. The lowest BCUT2D eigenvalue weighted by molar-refractivity contribution is -0.145. The van der Waals surface area contributed by atoms with E-state index in [1.807, 2.05) is 0 Å². The molecule has 15 nitrogen and oxygen atoms in total. The number of anilines is 2. The molecule has 0 bridgehead atoms. The maximum absolute atomic E-state index is 13.0. The van der Waals surface area contributed by atoms with Gasteiger partial charge in [-0.15, -0.1) is 11.3 Å². The summed E-state index contributed by atoms with van der Waals surface area (Å²) in [5, 5.41) is 11.6. The quantitative estimate of drug-likeness (QED) is 0.134. The van der Waals surface area contributed by atoms with Crippen molar-refractivity contribution in [3.8, 4) is 0 Å². The molecular weight excluding hydrogens is 492 g/mol. The van der Waals surface area contributed by atoms with Crippen LogP contribution in [0.5, 0.6) is 0 Å². The summed E-state index contributed by atoms with van der Waals surface area (Å²) >= 11 is 1.01. The van der Waals surface area contributed by atoms with Gasteiger partial charge < -0.3 is 21.6 Å². The molecule has 2 unspecified atom stereocenters. The summed E-state index contributed by atoms with van der Waals surface area (Å²) in [4.78, 5) is 46.5. The van der Waals surface area contributed by atoms with Gasteiger partial charge in [0.1, 0.15) is 17.6 Å². The predicted molar refractivity (Wildman–Crippen MR) is 120 cm³/mol. The summed E-state index contributed by atoms with van der Waals surface area (Å²) in [6.07, 6.45) is 1.43. The zero-order valence-electron chi connectivity index (χ0n) is 18.2. The van der Waals surface area contributed by atoms with Gasteiger partial charge in [0, 0.05) is 11.6 Å². The van der Waals surface area contributed by atoms with Gasteiger partial charge in [0.25, 0.3) is 11.8 Å². The highest BCUT2D eigenvalue weighted by atomic mass is 32.2. The van der Waals surface area contributed by atoms with Gasteiger partial charge in [0.05, 0.1) is 12.6 Å². The van der Waals surface area contributed by atoms with Crippen molar-refractivity contribution < 1.29 is 32.2 Å². The lowest BCUT2D eigenvalue weighted by Crippen LogP contribution is -2.73. The van der Waals surface area contributed by atoms with E-state index in [-0.39, 0.29) is 33.3 Å². The van der Waals surface area contributed by atoms with Crippen LogP contribution in [0.4, 0.5) is 10.9 Å². The number of nitrogens with two attached hydrogens (primary N) is 2. The van der Waals surface area contributed by atoms with Gasteiger partial charge in [-0.05, 0) is 26.8 Å². The molecule has 1 aliphatic heterocycles. The van der Waals surface area contributed by atoms with Crippen molar-refractivity contribution in [2.24, 2.45) is 5.16 Å². The van der Waals surface area contributed by atoms with Crippen LogP contribution in [0.1, 0.15) is 26.5 Å². The first-order chi connectivity index (χ1) is 15.7. The maximum atomic E-state index is 13.0. The molecule has 2 aromatic heterocycles. The second kappa shape index (κ2) is 8.99. The lowest BCUT2D eigenvalue weighted by Gasteiger charge is -2.44. The van der Waals surface area contributed by atoms with Crippen LogP contribution >= 0.6 is 11.3 Å². The fourth-order valence-corrected chi connectivity index (χ4v) is 4.27. The maximum Gasteiger partial charge on any atom is 0.362 e. The topological polar surface area (TPSA) is 225 Å². The van der Waals surface area contributed by atoms with Gasteiger partial charge in [-0.2, -0.15) is 13.5 Å². The SMILES string of the molecule is CC(=O)C(C)(C)ON=C(C(=O)NC1C(=O)N(S(=O)(=O)O)C1Cn1ccc(N)n1)c1csc(N)n1. The number of aromatic nitrogens is 3. The number of amides is 2. The number of Topliss-reactive ketones (excluding diaryl/α,β-unsaturated/α-hetero) is 1. The molecule has 1 aliphatic rings. The first kappa shape index (κ1) is 25.1. The van der Waals surface area contributed by atoms with Crippen LogP contribution in [0.2, 0.25) is 0 Å². The molecule has 3 heterocycles. The molecule has 2 atom stereocenters. The van der Waals surface area contributed by atoms with E-state index in [4.69, 9.17) is 16.3 Å². The molecule has 17 heteroatoms. The molecular formula is C17H22N8O7S2. The largest absolute Gasteiger partial charge is 0.382 e. The predicted octanol–water partition coefficient (Wildman–Crippen LogP) is -1.21. The summed E-state index contributed by atoms with van der Waals surface area (Å²) in [5.74, 6) is -2.26. The molecule has 2 aromatic rings. The van der Waals surface area contributed by atoms with E-state index >= 15 is 0 Å². The zero-order chi connectivity index (χ0) is 25.4. The van der Waals surface area contributed by atoms with E-state index in [0.29, 0.717) is 0 Å². The van der Waals surface area contributed by atoms with E-state index < -0.39 is 45.5 Å². The Morgan fingerprint density at radius 3 is 2.56 bits per heavy atom. The second-order valence-electron chi connectivity index (χ2n) is 7.76. The Morgan fingerprint density at radius 1 is 1.38 bits per heavy atom. The number of β-lactam (4-membered cyclic amide) rings is 1. The number of thiazole rings is 1. The van der Waals surface area contributed by atoms with Gasteiger partial charge in [-0.25, -0.2) is 9.29 Å². The Labute approximate surface area is 197 Å². The van der Waals surface area contributed by atoms with Gasteiger partial charge >= 0.3 is 10.3 Å². The van der Waals surface area contributed by atoms with Crippen LogP contribution in [-0.2, 0) is 36.1 Å². The number of hydrogen-bond donors (Lipinski definition) is 4.